The minimum absolute atomic E-state index is 0.0735. The molecule has 2 heterocycles. The van der Waals surface area contributed by atoms with Crippen molar-refractivity contribution in [3.8, 4) is 11.5 Å². The van der Waals surface area contributed by atoms with E-state index in [9.17, 15) is 19.2 Å². The van der Waals surface area contributed by atoms with E-state index in [1.807, 2.05) is 86.6 Å². The molecule has 2 N–H and O–H groups in total. The summed E-state index contributed by atoms with van der Waals surface area (Å²) in [6.07, 6.45) is 10.9. The van der Waals surface area contributed by atoms with E-state index in [1.165, 1.54) is 9.80 Å². The summed E-state index contributed by atoms with van der Waals surface area (Å²) in [5.41, 5.74) is 2.99. The van der Waals surface area contributed by atoms with Crippen LogP contribution in [0.25, 0.3) is 0 Å². The third-order valence-electron chi connectivity index (χ3n) is 10.5. The molecular weight excluding hydrogens is 729 g/mol. The van der Waals surface area contributed by atoms with Crippen LogP contribution in [0.5, 0.6) is 11.5 Å². The van der Waals surface area contributed by atoms with Crippen LogP contribution in [0.1, 0.15) is 97.3 Å². The van der Waals surface area contributed by atoms with E-state index in [0.29, 0.717) is 48.3 Å². The molecule has 0 spiro atoms. The van der Waals surface area contributed by atoms with Gasteiger partial charge in [-0.3, -0.25) is 19.2 Å². The number of carbonyl (C=O) groups excluding carboxylic acids is 4. The largest absolute Gasteiger partial charge is 0.490 e. The van der Waals surface area contributed by atoms with Crippen LogP contribution in [0.15, 0.2) is 133 Å². The predicted octanol–water partition coefficient (Wildman–Crippen LogP) is 8.24. The van der Waals surface area contributed by atoms with E-state index < -0.39 is 12.1 Å². The highest BCUT2D eigenvalue weighted by Gasteiger charge is 2.29. The number of ether oxygens (including phenoxy) is 2. The quantitative estimate of drug-likeness (QED) is 0.198. The monoisotopic (exact) mass is 784 g/mol. The number of nitrogens with zero attached hydrogens (tertiary/aromatic N) is 2. The molecule has 10 heteroatoms. The molecule has 6 rings (SSSR count). The Morgan fingerprint density at radius 2 is 0.793 bits per heavy atom. The Hall–Kier alpha value is -6.16. The third kappa shape index (κ3) is 11.5. The zero-order chi connectivity index (χ0) is 41.6. The number of fused-ring (bicyclic) bond motifs is 2. The maximum atomic E-state index is 13.1. The molecule has 304 valence electrons. The second kappa shape index (κ2) is 20.8. The predicted molar refractivity (Wildman–Crippen MR) is 228 cm³/mol. The van der Waals surface area contributed by atoms with Crippen molar-refractivity contribution in [2.75, 3.05) is 14.1 Å². The first kappa shape index (κ1) is 43.0. The minimum Gasteiger partial charge on any atom is -0.490 e. The lowest BCUT2D eigenvalue weighted by Gasteiger charge is -2.28. The molecule has 0 aliphatic carbocycles. The van der Waals surface area contributed by atoms with Crippen LogP contribution in [0.3, 0.4) is 0 Å². The highest BCUT2D eigenvalue weighted by atomic mass is 16.5. The Morgan fingerprint density at radius 1 is 0.466 bits per heavy atom. The van der Waals surface area contributed by atoms with Crippen LogP contribution in [0.4, 0.5) is 0 Å². The number of carbonyl (C=O) groups is 4. The molecule has 0 bridgehead atoms. The highest BCUT2D eigenvalue weighted by molar-refractivity contribution is 6.00. The summed E-state index contributed by atoms with van der Waals surface area (Å²) >= 11 is 0. The molecule has 0 saturated heterocycles. The van der Waals surface area contributed by atoms with Crippen LogP contribution < -0.4 is 20.1 Å². The summed E-state index contributed by atoms with van der Waals surface area (Å²) in [5.74, 6) is 0.228. The van der Waals surface area contributed by atoms with Gasteiger partial charge in [-0.2, -0.15) is 0 Å². The summed E-state index contributed by atoms with van der Waals surface area (Å²) < 4.78 is 12.1. The smallest absolute Gasteiger partial charge is 0.258 e. The summed E-state index contributed by atoms with van der Waals surface area (Å²) in [4.78, 5) is 54.9. The Labute approximate surface area is 342 Å². The van der Waals surface area contributed by atoms with Crippen LogP contribution >= 0.6 is 0 Å². The maximum absolute atomic E-state index is 13.1. The normalized spacial score (nSPS) is 24.7. The summed E-state index contributed by atoms with van der Waals surface area (Å²) in [5, 5.41) is 6.22. The van der Waals surface area contributed by atoms with Crippen LogP contribution in [0.2, 0.25) is 0 Å². The van der Waals surface area contributed by atoms with E-state index >= 15 is 0 Å². The van der Waals surface area contributed by atoms with E-state index in [4.69, 9.17) is 9.47 Å². The second-order valence-corrected chi connectivity index (χ2v) is 14.9. The minimum atomic E-state index is -0.619. The van der Waals surface area contributed by atoms with Crippen molar-refractivity contribution < 1.29 is 28.7 Å². The van der Waals surface area contributed by atoms with Crippen molar-refractivity contribution in [3.05, 3.63) is 156 Å². The third-order valence-corrected chi connectivity index (χ3v) is 10.5. The van der Waals surface area contributed by atoms with Gasteiger partial charge in [0.25, 0.3) is 11.8 Å². The SMILES string of the molecule is C[C@@H]1C/C=C/C[C@H](c2ccccc2)NC(=O)[C@H](C)N(C)C(=O)c2ccccc2O1.C[C@@H]1C/C=C\C[C@H](c2ccccc2)NC(=O)[C@H](C)N(C)C(=O)c2ccccc2O1. The fraction of sp³-hybridized carbons (Fsp3) is 0.333. The molecule has 58 heavy (non-hydrogen) atoms. The van der Waals surface area contributed by atoms with Crippen molar-refractivity contribution in [1.82, 2.24) is 20.4 Å². The Morgan fingerprint density at radius 3 is 1.17 bits per heavy atom. The molecule has 0 aromatic heterocycles. The number of likely N-dealkylation sites (N-methyl/N-ethyl adjacent to an activating group) is 2. The van der Waals surface area contributed by atoms with Crippen molar-refractivity contribution in [2.45, 2.75) is 89.8 Å². The molecule has 2 aliphatic rings. The first-order valence-electron chi connectivity index (χ1n) is 20.0. The van der Waals surface area contributed by atoms with Gasteiger partial charge in [0, 0.05) is 26.9 Å². The number of para-hydroxylation sites is 2. The van der Waals surface area contributed by atoms with Gasteiger partial charge in [0.1, 0.15) is 23.6 Å². The molecular formula is C48H56N4O6. The average molecular weight is 785 g/mol. The van der Waals surface area contributed by atoms with Gasteiger partial charge in [-0.15, -0.1) is 0 Å². The van der Waals surface area contributed by atoms with Gasteiger partial charge in [-0.05, 0) is 75.9 Å². The van der Waals surface area contributed by atoms with Gasteiger partial charge < -0.3 is 29.9 Å². The molecule has 10 nitrogen and oxygen atoms in total. The Balaban J connectivity index is 0.000000221. The van der Waals surface area contributed by atoms with Gasteiger partial charge in [0.2, 0.25) is 11.8 Å². The fourth-order valence-electron chi connectivity index (χ4n) is 6.66. The number of hydrogen-bond acceptors (Lipinski definition) is 6. The van der Waals surface area contributed by atoms with Gasteiger partial charge in [0.05, 0.1) is 35.4 Å². The topological polar surface area (TPSA) is 117 Å². The molecule has 0 unspecified atom stereocenters. The number of benzene rings is 4. The van der Waals surface area contributed by atoms with Crippen molar-refractivity contribution >= 4 is 23.6 Å². The number of nitrogens with one attached hydrogen (secondary N) is 2. The highest BCUT2D eigenvalue weighted by Crippen LogP contribution is 2.26. The summed E-state index contributed by atoms with van der Waals surface area (Å²) in [6, 6.07) is 32.6. The molecule has 4 amide bonds. The number of amides is 4. The Kier molecular flexibility index (Phi) is 15.4. The molecule has 6 atom stereocenters. The van der Waals surface area contributed by atoms with Crippen LogP contribution in [-0.4, -0.2) is 71.8 Å². The van der Waals surface area contributed by atoms with E-state index in [-0.39, 0.29) is 47.9 Å². The molecule has 0 fully saturated rings. The van der Waals surface area contributed by atoms with E-state index in [2.05, 4.69) is 34.9 Å². The van der Waals surface area contributed by atoms with E-state index in [1.54, 1.807) is 64.3 Å². The van der Waals surface area contributed by atoms with Gasteiger partial charge in [-0.1, -0.05) is 109 Å². The standard InChI is InChI=1S/2C24H28N2O3/c2*1-17-11-7-9-15-21(19-12-5-4-6-13-19)25-23(27)18(2)26(3)24(28)20-14-8-10-16-22(20)29-17/h2*4-10,12-14,16-18,21H,11,15H2,1-3H3,(H,25,27)/b9-7+;9-7-/t2*17-,18+,21-/m11/s1. The van der Waals surface area contributed by atoms with Crippen molar-refractivity contribution in [2.24, 2.45) is 0 Å². The van der Waals surface area contributed by atoms with Crippen LogP contribution in [-0.2, 0) is 9.59 Å². The lowest BCUT2D eigenvalue weighted by molar-refractivity contribution is -0.126. The summed E-state index contributed by atoms with van der Waals surface area (Å²) in [6.45, 7) is 7.45. The van der Waals surface area contributed by atoms with Gasteiger partial charge in [0.15, 0.2) is 0 Å². The molecule has 2 aliphatic heterocycles. The molecule has 0 radical (unpaired) electrons. The lowest BCUT2D eigenvalue weighted by Crippen LogP contribution is -2.47. The van der Waals surface area contributed by atoms with Crippen molar-refractivity contribution in [1.29, 1.82) is 0 Å². The average Bonchev–Trinajstić information content (AvgIpc) is 3.24. The Bertz CT molecular complexity index is 1900. The van der Waals surface area contributed by atoms with Crippen molar-refractivity contribution in [3.63, 3.8) is 0 Å². The number of hydrogen-bond donors (Lipinski definition) is 2. The molecule has 4 aromatic carbocycles. The van der Waals surface area contributed by atoms with E-state index in [0.717, 1.165) is 11.1 Å². The fourth-order valence-corrected chi connectivity index (χ4v) is 6.66. The lowest BCUT2D eigenvalue weighted by atomic mass is 10.0. The number of rotatable bonds is 2. The zero-order valence-corrected chi connectivity index (χ0v) is 34.3. The second-order valence-electron chi connectivity index (χ2n) is 14.9. The molecule has 0 saturated carbocycles. The zero-order valence-electron chi connectivity index (χ0n) is 34.3. The maximum Gasteiger partial charge on any atom is 0.258 e. The first-order valence-corrected chi connectivity index (χ1v) is 20.0. The molecule has 4 aromatic rings. The van der Waals surface area contributed by atoms with Crippen LogP contribution in [0, 0.1) is 0 Å². The summed E-state index contributed by atoms with van der Waals surface area (Å²) in [7, 11) is 3.30. The van der Waals surface area contributed by atoms with Gasteiger partial charge in [-0.25, -0.2) is 0 Å². The van der Waals surface area contributed by atoms with Gasteiger partial charge >= 0.3 is 0 Å². The first-order chi connectivity index (χ1) is 27.9.